The van der Waals surface area contributed by atoms with Crippen LogP contribution in [-0.4, -0.2) is 49.8 Å². The molecule has 0 aliphatic carbocycles. The maximum atomic E-state index is 12.1. The van der Waals surface area contributed by atoms with Crippen LogP contribution in [0.2, 0.25) is 0 Å². The molecule has 0 bridgehead atoms. The molecule has 0 saturated heterocycles. The van der Waals surface area contributed by atoms with Crippen LogP contribution in [0.4, 0.5) is 0 Å². The summed E-state index contributed by atoms with van der Waals surface area (Å²) >= 11 is 0. The Balaban J connectivity index is 1.90. The summed E-state index contributed by atoms with van der Waals surface area (Å²) in [4.78, 5) is 14.2. The van der Waals surface area contributed by atoms with Crippen LogP contribution in [0.25, 0.3) is 11.3 Å². The van der Waals surface area contributed by atoms with Crippen LogP contribution < -0.4 is 10.1 Å². The predicted molar refractivity (Wildman–Crippen MR) is 102 cm³/mol. The van der Waals surface area contributed by atoms with E-state index in [-0.39, 0.29) is 11.6 Å². The molecule has 0 radical (unpaired) electrons. The van der Waals surface area contributed by atoms with E-state index in [4.69, 9.17) is 9.26 Å². The number of rotatable bonds is 9. The Kier molecular flexibility index (Phi) is 7.41. The SMILES string of the molecule is CC(C)=CCOc1ccc(-c2cc(C(=O)NCCCN(C)C)no2)cc1. The van der Waals surface area contributed by atoms with Gasteiger partial charge in [-0.15, -0.1) is 0 Å². The Labute approximate surface area is 154 Å². The van der Waals surface area contributed by atoms with E-state index in [0.717, 1.165) is 24.3 Å². The first-order chi connectivity index (χ1) is 12.5. The zero-order chi connectivity index (χ0) is 18.9. The highest BCUT2D eigenvalue weighted by atomic mass is 16.5. The summed E-state index contributed by atoms with van der Waals surface area (Å²) in [5.41, 5.74) is 2.35. The van der Waals surface area contributed by atoms with Crippen molar-refractivity contribution in [3.63, 3.8) is 0 Å². The van der Waals surface area contributed by atoms with Crippen molar-refractivity contribution in [1.29, 1.82) is 0 Å². The summed E-state index contributed by atoms with van der Waals surface area (Å²) in [7, 11) is 4.01. The van der Waals surface area contributed by atoms with E-state index in [2.05, 4.69) is 15.4 Å². The van der Waals surface area contributed by atoms with Gasteiger partial charge in [-0.25, -0.2) is 0 Å². The summed E-state index contributed by atoms with van der Waals surface area (Å²) < 4.78 is 10.9. The number of allylic oxidation sites excluding steroid dienone is 1. The van der Waals surface area contributed by atoms with Gasteiger partial charge in [-0.2, -0.15) is 0 Å². The number of hydrogen-bond acceptors (Lipinski definition) is 5. The molecular weight excluding hydrogens is 330 g/mol. The minimum absolute atomic E-state index is 0.222. The number of benzene rings is 1. The third-order valence-electron chi connectivity index (χ3n) is 3.69. The van der Waals surface area contributed by atoms with E-state index in [1.807, 2.05) is 58.3 Å². The normalized spacial score (nSPS) is 10.7. The minimum atomic E-state index is -0.222. The second-order valence-electron chi connectivity index (χ2n) is 6.61. The van der Waals surface area contributed by atoms with Crippen molar-refractivity contribution in [2.45, 2.75) is 20.3 Å². The smallest absolute Gasteiger partial charge is 0.273 e. The van der Waals surface area contributed by atoms with Gasteiger partial charge in [0, 0.05) is 18.2 Å². The molecule has 26 heavy (non-hydrogen) atoms. The van der Waals surface area contributed by atoms with Crippen LogP contribution in [0, 0.1) is 0 Å². The highest BCUT2D eigenvalue weighted by Crippen LogP contribution is 2.23. The average molecular weight is 357 g/mol. The van der Waals surface area contributed by atoms with Gasteiger partial charge in [-0.3, -0.25) is 4.79 Å². The van der Waals surface area contributed by atoms with Crippen molar-refractivity contribution in [3.05, 3.63) is 47.7 Å². The molecule has 0 spiro atoms. The zero-order valence-corrected chi connectivity index (χ0v) is 15.9. The lowest BCUT2D eigenvalue weighted by molar-refractivity contribution is 0.0943. The largest absolute Gasteiger partial charge is 0.490 e. The third-order valence-corrected chi connectivity index (χ3v) is 3.69. The summed E-state index contributed by atoms with van der Waals surface area (Å²) in [5.74, 6) is 1.12. The molecule has 1 heterocycles. The van der Waals surface area contributed by atoms with E-state index >= 15 is 0 Å². The monoisotopic (exact) mass is 357 g/mol. The van der Waals surface area contributed by atoms with Gasteiger partial charge in [-0.1, -0.05) is 10.7 Å². The number of carbonyl (C=O) groups is 1. The molecule has 0 aliphatic heterocycles. The molecule has 140 valence electrons. The molecule has 0 atom stereocenters. The van der Waals surface area contributed by atoms with Crippen LogP contribution >= 0.6 is 0 Å². The number of nitrogens with one attached hydrogen (secondary N) is 1. The summed E-state index contributed by atoms with van der Waals surface area (Å²) in [6.07, 6.45) is 2.91. The Bertz CT molecular complexity index is 729. The minimum Gasteiger partial charge on any atom is -0.490 e. The molecule has 0 unspecified atom stereocenters. The standard InChI is InChI=1S/C20H27N3O3/c1-15(2)10-13-25-17-8-6-16(7-9-17)19-14-18(22-26-19)20(24)21-11-5-12-23(3)4/h6-10,14H,5,11-13H2,1-4H3,(H,21,24). The van der Waals surface area contributed by atoms with Gasteiger partial charge in [0.25, 0.3) is 5.91 Å². The van der Waals surface area contributed by atoms with Crippen LogP contribution in [0.15, 0.2) is 46.5 Å². The molecule has 0 aliphatic rings. The van der Waals surface area contributed by atoms with Crippen molar-refractivity contribution < 1.29 is 14.1 Å². The fraction of sp³-hybridized carbons (Fsp3) is 0.400. The van der Waals surface area contributed by atoms with Gasteiger partial charge >= 0.3 is 0 Å². The van der Waals surface area contributed by atoms with Crippen LogP contribution in [0.5, 0.6) is 5.75 Å². The zero-order valence-electron chi connectivity index (χ0n) is 15.9. The van der Waals surface area contributed by atoms with Gasteiger partial charge in [0.05, 0.1) is 0 Å². The van der Waals surface area contributed by atoms with Gasteiger partial charge in [-0.05, 0) is 71.2 Å². The first-order valence-electron chi connectivity index (χ1n) is 8.72. The molecule has 6 nitrogen and oxygen atoms in total. The Morgan fingerprint density at radius 1 is 1.27 bits per heavy atom. The first-order valence-corrected chi connectivity index (χ1v) is 8.72. The molecular formula is C20H27N3O3. The number of carbonyl (C=O) groups excluding carboxylic acids is 1. The molecule has 0 fully saturated rings. The highest BCUT2D eigenvalue weighted by molar-refractivity contribution is 5.93. The number of hydrogen-bond donors (Lipinski definition) is 1. The molecule has 1 N–H and O–H groups in total. The molecule has 0 saturated carbocycles. The number of aromatic nitrogens is 1. The van der Waals surface area contributed by atoms with Crippen LogP contribution in [-0.2, 0) is 0 Å². The van der Waals surface area contributed by atoms with E-state index in [9.17, 15) is 4.79 Å². The topological polar surface area (TPSA) is 67.6 Å². The summed E-state index contributed by atoms with van der Waals surface area (Å²) in [6, 6.07) is 9.17. The van der Waals surface area contributed by atoms with Crippen molar-refractivity contribution in [2.75, 3.05) is 33.8 Å². The molecule has 1 aromatic heterocycles. The summed E-state index contributed by atoms with van der Waals surface area (Å²) in [5, 5.41) is 6.71. The average Bonchev–Trinajstić information content (AvgIpc) is 3.09. The second-order valence-corrected chi connectivity index (χ2v) is 6.61. The number of nitrogens with zero attached hydrogens (tertiary/aromatic N) is 2. The van der Waals surface area contributed by atoms with Crippen molar-refractivity contribution in [3.8, 4) is 17.1 Å². The van der Waals surface area contributed by atoms with Crippen molar-refractivity contribution in [1.82, 2.24) is 15.4 Å². The molecule has 2 rings (SSSR count). The van der Waals surface area contributed by atoms with Crippen LogP contribution in [0.1, 0.15) is 30.8 Å². The van der Waals surface area contributed by atoms with Gasteiger partial charge in [0.15, 0.2) is 11.5 Å². The van der Waals surface area contributed by atoms with Gasteiger partial charge in [0.1, 0.15) is 12.4 Å². The maximum Gasteiger partial charge on any atom is 0.273 e. The maximum absolute atomic E-state index is 12.1. The fourth-order valence-corrected chi connectivity index (χ4v) is 2.23. The molecule has 1 amide bonds. The number of ether oxygens (including phenoxy) is 1. The lowest BCUT2D eigenvalue weighted by Crippen LogP contribution is -2.27. The van der Waals surface area contributed by atoms with Crippen molar-refractivity contribution in [2.24, 2.45) is 0 Å². The lowest BCUT2D eigenvalue weighted by atomic mass is 10.1. The van der Waals surface area contributed by atoms with Crippen LogP contribution in [0.3, 0.4) is 0 Å². The lowest BCUT2D eigenvalue weighted by Gasteiger charge is -2.08. The molecule has 2 aromatic rings. The van der Waals surface area contributed by atoms with E-state index in [0.29, 0.717) is 18.9 Å². The quantitative estimate of drug-likeness (QED) is 0.550. The summed E-state index contributed by atoms with van der Waals surface area (Å²) in [6.45, 7) is 6.14. The highest BCUT2D eigenvalue weighted by Gasteiger charge is 2.13. The van der Waals surface area contributed by atoms with Gasteiger partial charge < -0.3 is 19.5 Å². The third kappa shape index (κ3) is 6.37. The Morgan fingerprint density at radius 3 is 2.65 bits per heavy atom. The van der Waals surface area contributed by atoms with E-state index in [1.54, 1.807) is 6.07 Å². The molecule has 1 aromatic carbocycles. The predicted octanol–water partition coefficient (Wildman–Crippen LogP) is 3.37. The van der Waals surface area contributed by atoms with Crippen molar-refractivity contribution >= 4 is 5.91 Å². The van der Waals surface area contributed by atoms with E-state index < -0.39 is 0 Å². The van der Waals surface area contributed by atoms with Gasteiger partial charge in [0.2, 0.25) is 0 Å². The second kappa shape index (κ2) is 9.77. The molecule has 6 heteroatoms. The Hall–Kier alpha value is -2.60. The Morgan fingerprint density at radius 2 is 2.00 bits per heavy atom. The number of amides is 1. The van der Waals surface area contributed by atoms with E-state index in [1.165, 1.54) is 5.57 Å². The fourth-order valence-electron chi connectivity index (χ4n) is 2.23. The first kappa shape index (κ1) is 19.7.